The number of alkyl halides is 2. The summed E-state index contributed by atoms with van der Waals surface area (Å²) >= 11 is 16.5. The third-order valence-corrected chi connectivity index (χ3v) is 9.38. The number of nitrogens with zero attached hydrogens (tertiary/aromatic N) is 1. The van der Waals surface area contributed by atoms with Gasteiger partial charge in [0, 0.05) is 19.8 Å². The fourth-order valence-corrected chi connectivity index (χ4v) is 5.45. The molecular weight excluding hydrogens is 611 g/mol. The second-order valence-corrected chi connectivity index (χ2v) is 10.8. The van der Waals surface area contributed by atoms with Gasteiger partial charge in [-0.25, -0.2) is 0 Å². The molecule has 3 rings (SSSR count). The lowest BCUT2D eigenvalue weighted by Crippen LogP contribution is -2.37. The van der Waals surface area contributed by atoms with Crippen molar-refractivity contribution in [1.29, 1.82) is 0 Å². The molecule has 1 heterocycles. The van der Waals surface area contributed by atoms with E-state index in [2.05, 4.69) is 53.1 Å². The van der Waals surface area contributed by atoms with Crippen LogP contribution in [0.15, 0.2) is 16.6 Å². The number of nitrogens with one attached hydrogen (secondary N) is 1. The average molecular weight is 630 g/mol. The first-order valence-corrected chi connectivity index (χ1v) is 12.1. The summed E-state index contributed by atoms with van der Waals surface area (Å²) in [5.41, 5.74) is 1.16. The molecule has 0 bridgehead atoms. The summed E-state index contributed by atoms with van der Waals surface area (Å²) in [6, 6.07) is 3.36. The zero-order chi connectivity index (χ0) is 22.2. The van der Waals surface area contributed by atoms with Gasteiger partial charge >= 0.3 is 5.97 Å². The second-order valence-electron chi connectivity index (χ2n) is 7.22. The number of anilines is 1. The van der Waals surface area contributed by atoms with Gasteiger partial charge in [-0.3, -0.25) is 24.1 Å². The molecule has 2 fully saturated rings. The van der Waals surface area contributed by atoms with Gasteiger partial charge in [-0.05, 0) is 53.4 Å². The minimum absolute atomic E-state index is 0.0849. The quantitative estimate of drug-likeness (QED) is 0.304. The molecule has 4 atom stereocenters. The highest BCUT2D eigenvalue weighted by Crippen LogP contribution is 2.43. The van der Waals surface area contributed by atoms with E-state index in [1.54, 1.807) is 19.1 Å². The van der Waals surface area contributed by atoms with Gasteiger partial charge in [0.1, 0.15) is 6.54 Å². The van der Waals surface area contributed by atoms with Gasteiger partial charge in [0.15, 0.2) is 6.61 Å². The summed E-state index contributed by atoms with van der Waals surface area (Å²) in [7, 11) is 0. The fourth-order valence-electron chi connectivity index (χ4n) is 3.61. The lowest BCUT2D eigenvalue weighted by molar-refractivity contribution is -0.154. The highest BCUT2D eigenvalue weighted by molar-refractivity contribution is 9.12. The zero-order valence-electron chi connectivity index (χ0n) is 15.8. The molecule has 0 spiro atoms. The minimum atomic E-state index is -0.818. The van der Waals surface area contributed by atoms with Gasteiger partial charge in [-0.15, -0.1) is 0 Å². The van der Waals surface area contributed by atoms with Crippen LogP contribution in [0.1, 0.15) is 18.4 Å². The molecule has 2 aliphatic rings. The molecule has 162 valence electrons. The number of ether oxygens (including phenoxy) is 1. The van der Waals surface area contributed by atoms with Crippen LogP contribution in [-0.4, -0.2) is 51.4 Å². The summed E-state index contributed by atoms with van der Waals surface area (Å²) in [6.07, 6.45) is 1.04. The van der Waals surface area contributed by atoms with Crippen molar-refractivity contribution < 1.29 is 23.9 Å². The average Bonchev–Trinajstić information content (AvgIpc) is 2.92. The van der Waals surface area contributed by atoms with Crippen molar-refractivity contribution in [3.63, 3.8) is 0 Å². The third kappa shape index (κ3) is 4.92. The van der Waals surface area contributed by atoms with Crippen LogP contribution in [0.5, 0.6) is 0 Å². The molecule has 1 aromatic rings. The smallest absolute Gasteiger partial charge is 0.326 e. The van der Waals surface area contributed by atoms with E-state index in [0.29, 0.717) is 33.6 Å². The van der Waals surface area contributed by atoms with Crippen molar-refractivity contribution in [1.82, 2.24) is 4.90 Å². The minimum Gasteiger partial charge on any atom is -0.454 e. The van der Waals surface area contributed by atoms with E-state index in [4.69, 9.17) is 16.3 Å². The van der Waals surface area contributed by atoms with Crippen LogP contribution < -0.4 is 5.32 Å². The Labute approximate surface area is 203 Å². The number of carbonyl (C=O) groups is 4. The molecule has 1 saturated carbocycles. The largest absolute Gasteiger partial charge is 0.454 e. The molecule has 1 aliphatic heterocycles. The molecule has 0 aromatic heterocycles. The van der Waals surface area contributed by atoms with Gasteiger partial charge in [0.05, 0.1) is 16.9 Å². The Morgan fingerprint density at radius 1 is 1.17 bits per heavy atom. The number of rotatable bonds is 5. The first-order chi connectivity index (χ1) is 14.1. The van der Waals surface area contributed by atoms with E-state index in [1.807, 2.05) is 0 Å². The maximum absolute atomic E-state index is 12.6. The molecule has 1 aromatic carbocycles. The monoisotopic (exact) mass is 626 g/mol. The third-order valence-electron chi connectivity index (χ3n) is 5.27. The van der Waals surface area contributed by atoms with Crippen molar-refractivity contribution in [2.45, 2.75) is 29.4 Å². The molecule has 1 saturated heterocycles. The number of esters is 1. The Kier molecular flexibility index (Phi) is 7.63. The number of amides is 3. The van der Waals surface area contributed by atoms with Crippen LogP contribution in [0.3, 0.4) is 0 Å². The maximum Gasteiger partial charge on any atom is 0.326 e. The van der Waals surface area contributed by atoms with Gasteiger partial charge in [0.25, 0.3) is 5.91 Å². The number of hydrogen-bond acceptors (Lipinski definition) is 5. The van der Waals surface area contributed by atoms with Crippen LogP contribution in [-0.2, 0) is 23.9 Å². The topological polar surface area (TPSA) is 92.8 Å². The van der Waals surface area contributed by atoms with E-state index < -0.39 is 36.9 Å². The van der Waals surface area contributed by atoms with Gasteiger partial charge < -0.3 is 10.1 Å². The number of fused-ring (bicyclic) bond motifs is 1. The predicted octanol–water partition coefficient (Wildman–Crippen LogP) is 3.81. The van der Waals surface area contributed by atoms with E-state index >= 15 is 0 Å². The van der Waals surface area contributed by atoms with Crippen LogP contribution in [0, 0.1) is 18.8 Å². The number of likely N-dealkylation sites (tertiary alicyclic amines) is 1. The first kappa shape index (κ1) is 23.7. The van der Waals surface area contributed by atoms with Gasteiger partial charge in [-0.1, -0.05) is 43.5 Å². The summed E-state index contributed by atoms with van der Waals surface area (Å²) in [5, 5.41) is 3.08. The number of imide groups is 1. The van der Waals surface area contributed by atoms with E-state index in [-0.39, 0.29) is 21.5 Å². The van der Waals surface area contributed by atoms with Crippen molar-refractivity contribution in [3.8, 4) is 0 Å². The van der Waals surface area contributed by atoms with Crippen LogP contribution in [0.4, 0.5) is 5.69 Å². The van der Waals surface area contributed by atoms with Crippen LogP contribution in [0.25, 0.3) is 0 Å². The molecule has 11 heteroatoms. The number of halogens is 4. The highest BCUT2D eigenvalue weighted by atomic mass is 79.9. The van der Waals surface area contributed by atoms with Crippen molar-refractivity contribution >= 4 is 88.8 Å². The Balaban J connectivity index is 1.53. The number of benzene rings is 1. The summed E-state index contributed by atoms with van der Waals surface area (Å²) in [5.74, 6) is -2.97. The van der Waals surface area contributed by atoms with Crippen molar-refractivity contribution in [2.24, 2.45) is 11.8 Å². The summed E-state index contributed by atoms with van der Waals surface area (Å²) < 4.78 is 5.66. The van der Waals surface area contributed by atoms with E-state index in [1.165, 1.54) is 0 Å². The number of carbonyl (C=O) groups excluding carboxylic acids is 4. The highest BCUT2D eigenvalue weighted by Gasteiger charge is 2.52. The SMILES string of the molecule is Cc1c(NC(=O)COC(=O)CN2C(=O)[C@H]3C[C@@H](Br)[C@@H](Br)C[C@H]3C2=O)ccc(Br)c1Cl. The van der Waals surface area contributed by atoms with Crippen molar-refractivity contribution in [2.75, 3.05) is 18.5 Å². The van der Waals surface area contributed by atoms with Crippen LogP contribution >= 0.6 is 59.4 Å². The Hall–Kier alpha value is -0.970. The molecule has 30 heavy (non-hydrogen) atoms. The van der Waals surface area contributed by atoms with Gasteiger partial charge in [0.2, 0.25) is 11.8 Å². The molecule has 3 amide bonds. The predicted molar refractivity (Wildman–Crippen MR) is 122 cm³/mol. The lowest BCUT2D eigenvalue weighted by atomic mass is 9.81. The molecule has 1 N–H and O–H groups in total. The van der Waals surface area contributed by atoms with Gasteiger partial charge in [-0.2, -0.15) is 0 Å². The standard InChI is InChI=1S/C19H18Br3ClN2O5/c1-8-14(3-2-11(20)17(8)23)24-15(26)7-30-16(27)6-25-18(28)9-4-12(21)13(22)5-10(9)19(25)29/h2-3,9-10,12-13H,4-7H2,1H3,(H,24,26)/t9-,10+,12+,13-. The Morgan fingerprint density at radius 3 is 2.30 bits per heavy atom. The molecule has 1 aliphatic carbocycles. The van der Waals surface area contributed by atoms with E-state index in [9.17, 15) is 19.2 Å². The summed E-state index contributed by atoms with van der Waals surface area (Å²) in [4.78, 5) is 50.5. The fraction of sp³-hybridized carbons (Fsp3) is 0.474. The molecule has 7 nitrogen and oxygen atoms in total. The van der Waals surface area contributed by atoms with Crippen molar-refractivity contribution in [3.05, 3.63) is 27.2 Å². The lowest BCUT2D eigenvalue weighted by Gasteiger charge is -2.29. The normalized spacial score (nSPS) is 25.8. The molecular formula is C19H18Br3ClN2O5. The van der Waals surface area contributed by atoms with E-state index in [0.717, 1.165) is 4.90 Å². The van der Waals surface area contributed by atoms with Crippen LogP contribution in [0.2, 0.25) is 5.02 Å². The maximum atomic E-state index is 12.6. The number of hydrogen-bond donors (Lipinski definition) is 1. The molecule has 0 radical (unpaired) electrons. The first-order valence-electron chi connectivity index (χ1n) is 9.13. The zero-order valence-corrected chi connectivity index (χ0v) is 21.3. The molecule has 0 unspecified atom stereocenters. The Bertz CT molecular complexity index is 884. The Morgan fingerprint density at radius 2 is 1.73 bits per heavy atom. The second kappa shape index (κ2) is 9.67. The summed E-state index contributed by atoms with van der Waals surface area (Å²) in [6.45, 7) is 0.705.